The van der Waals surface area contributed by atoms with Gasteiger partial charge in [0.1, 0.15) is 11.6 Å². The molecule has 0 bridgehead atoms. The van der Waals surface area contributed by atoms with Crippen LogP contribution in [0.25, 0.3) is 0 Å². The highest BCUT2D eigenvalue weighted by Gasteiger charge is 2.38. The first-order chi connectivity index (χ1) is 16.7. The average molecular weight is 511 g/mol. The van der Waals surface area contributed by atoms with Crippen LogP contribution in [0.5, 0.6) is 0 Å². The SMILES string of the molecule is CCCN1CCC(C#N)(NC(=O)C(CC2CCCCC2)N=C(NS(C)(=O)=O)N2CCOCC2)CC1. The smallest absolute Gasteiger partial charge is 0.246 e. The Morgan fingerprint density at radius 1 is 1.17 bits per heavy atom. The van der Waals surface area contributed by atoms with Gasteiger partial charge >= 0.3 is 0 Å². The van der Waals surface area contributed by atoms with E-state index >= 15 is 0 Å². The fraction of sp³-hybridized carbons (Fsp3) is 0.875. The highest BCUT2D eigenvalue weighted by Crippen LogP contribution is 2.29. The lowest BCUT2D eigenvalue weighted by molar-refractivity contribution is -0.124. The highest BCUT2D eigenvalue weighted by atomic mass is 32.2. The predicted octanol–water partition coefficient (Wildman–Crippen LogP) is 1.45. The van der Waals surface area contributed by atoms with Crippen LogP contribution < -0.4 is 10.0 Å². The summed E-state index contributed by atoms with van der Waals surface area (Å²) in [6, 6.07) is 1.62. The van der Waals surface area contributed by atoms with Crippen molar-refractivity contribution in [1.29, 1.82) is 5.26 Å². The standard InChI is InChI=1S/C24H42N6O4S/c1-3-11-29-12-9-24(19-25,10-13-29)27-22(31)21(18-20-7-5-4-6-8-20)26-23(28-35(2,32)33)30-14-16-34-17-15-30/h20-21H,3-18H2,1-2H3,(H,26,28)(H,27,31). The first-order valence-corrected chi connectivity index (χ1v) is 15.0. The van der Waals surface area contributed by atoms with Crippen LogP contribution in [0.3, 0.4) is 0 Å². The van der Waals surface area contributed by atoms with Gasteiger partial charge in [-0.2, -0.15) is 5.26 Å². The molecule has 1 unspecified atom stereocenters. The Balaban J connectivity index is 1.82. The van der Waals surface area contributed by atoms with Crippen LogP contribution in [0.1, 0.15) is 64.7 Å². The molecule has 1 aliphatic carbocycles. The number of rotatable bonds is 8. The number of hydrogen-bond acceptors (Lipinski definition) is 7. The molecule has 2 N–H and O–H groups in total. The highest BCUT2D eigenvalue weighted by molar-refractivity contribution is 7.89. The van der Waals surface area contributed by atoms with Crippen molar-refractivity contribution in [2.75, 3.05) is 52.2 Å². The molecule has 2 aliphatic heterocycles. The quantitative estimate of drug-likeness (QED) is 0.374. The van der Waals surface area contributed by atoms with Crippen LogP contribution in [-0.2, 0) is 19.6 Å². The van der Waals surface area contributed by atoms with E-state index in [1.807, 2.05) is 4.90 Å². The van der Waals surface area contributed by atoms with Crippen molar-refractivity contribution in [2.24, 2.45) is 10.9 Å². The molecule has 1 atom stereocenters. The van der Waals surface area contributed by atoms with Gasteiger partial charge < -0.3 is 19.9 Å². The maximum absolute atomic E-state index is 13.6. The molecular weight excluding hydrogens is 468 g/mol. The minimum Gasteiger partial charge on any atom is -0.378 e. The van der Waals surface area contributed by atoms with E-state index in [2.05, 4.69) is 27.9 Å². The number of nitrogens with one attached hydrogen (secondary N) is 2. The van der Waals surface area contributed by atoms with Gasteiger partial charge in [0, 0.05) is 26.2 Å². The summed E-state index contributed by atoms with van der Waals surface area (Å²) in [6.07, 6.45) is 9.41. The summed E-state index contributed by atoms with van der Waals surface area (Å²) in [5.74, 6) is 0.259. The Morgan fingerprint density at radius 2 is 1.83 bits per heavy atom. The van der Waals surface area contributed by atoms with E-state index in [9.17, 15) is 18.5 Å². The molecule has 11 heteroatoms. The number of hydrogen-bond donors (Lipinski definition) is 2. The number of amides is 1. The van der Waals surface area contributed by atoms with Gasteiger partial charge in [0.05, 0.1) is 25.5 Å². The molecule has 3 rings (SSSR count). The molecule has 35 heavy (non-hydrogen) atoms. The molecule has 1 amide bonds. The van der Waals surface area contributed by atoms with Crippen molar-refractivity contribution in [3.8, 4) is 6.07 Å². The van der Waals surface area contributed by atoms with E-state index in [0.29, 0.717) is 51.5 Å². The predicted molar refractivity (Wildman–Crippen MR) is 135 cm³/mol. The summed E-state index contributed by atoms with van der Waals surface area (Å²) in [6.45, 7) is 6.59. The number of nitriles is 1. The lowest BCUT2D eigenvalue weighted by Crippen LogP contribution is -2.57. The zero-order chi connectivity index (χ0) is 25.3. The van der Waals surface area contributed by atoms with Gasteiger partial charge in [0.25, 0.3) is 0 Å². The number of guanidine groups is 1. The van der Waals surface area contributed by atoms with Crippen LogP contribution in [0.2, 0.25) is 0 Å². The molecule has 0 aromatic rings. The van der Waals surface area contributed by atoms with Crippen molar-refractivity contribution in [3.63, 3.8) is 0 Å². The van der Waals surface area contributed by atoms with Gasteiger partial charge in [-0.3, -0.25) is 9.52 Å². The third kappa shape index (κ3) is 8.62. The number of morpholine rings is 1. The topological polar surface area (TPSA) is 127 Å². The van der Waals surface area contributed by atoms with Crippen molar-refractivity contribution >= 4 is 21.9 Å². The van der Waals surface area contributed by atoms with Crippen LogP contribution >= 0.6 is 0 Å². The summed E-state index contributed by atoms with van der Waals surface area (Å²) < 4.78 is 32.2. The van der Waals surface area contributed by atoms with Gasteiger partial charge in [-0.1, -0.05) is 39.0 Å². The second-order valence-corrected chi connectivity index (χ2v) is 12.0. The second-order valence-electron chi connectivity index (χ2n) is 10.2. The van der Waals surface area contributed by atoms with Crippen molar-refractivity contribution in [3.05, 3.63) is 0 Å². The van der Waals surface area contributed by atoms with Crippen molar-refractivity contribution < 1.29 is 17.9 Å². The lowest BCUT2D eigenvalue weighted by Gasteiger charge is -2.38. The first kappa shape index (κ1) is 27.7. The summed E-state index contributed by atoms with van der Waals surface area (Å²) in [5.41, 5.74) is -0.912. The van der Waals surface area contributed by atoms with Crippen LogP contribution in [-0.4, -0.2) is 93.9 Å². The van der Waals surface area contributed by atoms with Gasteiger partial charge in [0.2, 0.25) is 21.9 Å². The third-order valence-electron chi connectivity index (χ3n) is 7.28. The molecule has 10 nitrogen and oxygen atoms in total. The maximum Gasteiger partial charge on any atom is 0.246 e. The molecule has 0 radical (unpaired) electrons. The van der Waals surface area contributed by atoms with Crippen LogP contribution in [0, 0.1) is 17.2 Å². The van der Waals surface area contributed by atoms with Crippen LogP contribution in [0.4, 0.5) is 0 Å². The molecule has 1 saturated carbocycles. The van der Waals surface area contributed by atoms with E-state index in [-0.39, 0.29) is 11.9 Å². The number of carbonyl (C=O) groups excluding carboxylic acids is 1. The number of ether oxygens (including phenoxy) is 1. The summed E-state index contributed by atoms with van der Waals surface area (Å²) >= 11 is 0. The number of nitrogens with zero attached hydrogens (tertiary/aromatic N) is 4. The monoisotopic (exact) mass is 510 g/mol. The molecule has 0 aromatic heterocycles. The van der Waals surface area contributed by atoms with Gasteiger partial charge in [-0.25, -0.2) is 13.4 Å². The largest absolute Gasteiger partial charge is 0.378 e. The molecule has 3 fully saturated rings. The fourth-order valence-electron chi connectivity index (χ4n) is 5.28. The first-order valence-electron chi connectivity index (χ1n) is 13.1. The molecule has 2 saturated heterocycles. The zero-order valence-corrected chi connectivity index (χ0v) is 22.1. The second kappa shape index (κ2) is 12.9. The lowest BCUT2D eigenvalue weighted by atomic mass is 9.84. The van der Waals surface area contributed by atoms with E-state index in [1.165, 1.54) is 6.42 Å². The van der Waals surface area contributed by atoms with Crippen molar-refractivity contribution in [1.82, 2.24) is 19.8 Å². The van der Waals surface area contributed by atoms with E-state index in [1.54, 1.807) is 0 Å². The summed E-state index contributed by atoms with van der Waals surface area (Å²) in [7, 11) is -3.59. The molecule has 2 heterocycles. The van der Waals surface area contributed by atoms with Crippen molar-refractivity contribution in [2.45, 2.75) is 76.3 Å². The van der Waals surface area contributed by atoms with E-state index in [0.717, 1.165) is 58.0 Å². The normalized spacial score (nSPS) is 23.3. The van der Waals surface area contributed by atoms with Crippen LogP contribution in [0.15, 0.2) is 4.99 Å². The zero-order valence-electron chi connectivity index (χ0n) is 21.3. The van der Waals surface area contributed by atoms with E-state index < -0.39 is 21.6 Å². The molecule has 0 spiro atoms. The van der Waals surface area contributed by atoms with E-state index in [4.69, 9.17) is 9.73 Å². The fourth-order valence-corrected chi connectivity index (χ4v) is 5.79. The number of sulfonamides is 1. The Labute approximate surface area is 210 Å². The number of piperidine rings is 1. The maximum atomic E-state index is 13.6. The molecule has 0 aromatic carbocycles. The Hall–Kier alpha value is -1.90. The third-order valence-corrected chi connectivity index (χ3v) is 7.83. The van der Waals surface area contributed by atoms with Gasteiger partial charge in [-0.05, 0) is 38.1 Å². The van der Waals surface area contributed by atoms with Gasteiger partial charge in [0.15, 0.2) is 0 Å². The number of likely N-dealkylation sites (tertiary alicyclic amines) is 1. The Morgan fingerprint density at radius 3 is 2.40 bits per heavy atom. The number of aliphatic imine (C=N–C) groups is 1. The molecule has 3 aliphatic rings. The summed E-state index contributed by atoms with van der Waals surface area (Å²) in [4.78, 5) is 22.5. The Bertz CT molecular complexity index is 867. The summed E-state index contributed by atoms with van der Waals surface area (Å²) in [5, 5.41) is 13.1. The minimum atomic E-state index is -3.59. The molecule has 198 valence electrons. The van der Waals surface area contributed by atoms with Gasteiger partial charge in [-0.15, -0.1) is 0 Å². The Kier molecular flexibility index (Phi) is 10.2. The number of carbonyl (C=O) groups is 1. The average Bonchev–Trinajstić information content (AvgIpc) is 2.85. The minimum absolute atomic E-state index is 0.190. The molecular formula is C24H42N6O4S.